The fourth-order valence-electron chi connectivity index (χ4n) is 3.01. The van der Waals surface area contributed by atoms with Gasteiger partial charge in [0.1, 0.15) is 29.4 Å². The van der Waals surface area contributed by atoms with Crippen LogP contribution in [0.25, 0.3) is 22.6 Å². The molecule has 0 aliphatic rings. The van der Waals surface area contributed by atoms with Crippen LogP contribution in [0.5, 0.6) is 11.5 Å². The average Bonchev–Trinajstić information content (AvgIpc) is 3.32. The molecule has 0 aliphatic heterocycles. The van der Waals surface area contributed by atoms with E-state index in [9.17, 15) is 23.4 Å². The van der Waals surface area contributed by atoms with Gasteiger partial charge in [0.15, 0.2) is 17.2 Å². The lowest BCUT2D eigenvalue weighted by Gasteiger charge is -2.11. The van der Waals surface area contributed by atoms with E-state index in [1.807, 2.05) is 13.8 Å². The molecule has 0 aliphatic carbocycles. The van der Waals surface area contributed by atoms with Crippen molar-refractivity contribution in [2.75, 3.05) is 12.8 Å². The summed E-state index contributed by atoms with van der Waals surface area (Å²) >= 11 is 0. The summed E-state index contributed by atoms with van der Waals surface area (Å²) in [6.07, 6.45) is 0.902. The monoisotopic (exact) mass is 465 g/mol. The van der Waals surface area contributed by atoms with Crippen LogP contribution in [0.4, 0.5) is 0 Å². The van der Waals surface area contributed by atoms with Gasteiger partial charge >= 0.3 is 0 Å². The maximum Gasteiger partial charge on any atom is 0.274 e. The van der Waals surface area contributed by atoms with E-state index in [1.54, 1.807) is 6.92 Å². The largest absolute Gasteiger partial charge is 0.508 e. The molecule has 3 N–H and O–H groups in total. The Morgan fingerprint density at radius 3 is 2.50 bits per heavy atom. The molecule has 11 nitrogen and oxygen atoms in total. The average molecular weight is 465 g/mol. The van der Waals surface area contributed by atoms with E-state index >= 15 is 0 Å². The number of rotatable bonds is 8. The molecule has 2 aromatic heterocycles. The first-order valence-corrected chi connectivity index (χ1v) is 11.5. The van der Waals surface area contributed by atoms with Gasteiger partial charge in [0.2, 0.25) is 0 Å². The number of amides is 1. The summed E-state index contributed by atoms with van der Waals surface area (Å²) in [5.41, 5.74) is 0.850. The first-order valence-electron chi connectivity index (χ1n) is 9.66. The summed E-state index contributed by atoms with van der Waals surface area (Å²) in [5.74, 6) is -0.956. The van der Waals surface area contributed by atoms with Crippen LogP contribution in [0, 0.1) is 0 Å². The number of phenols is 2. The van der Waals surface area contributed by atoms with Crippen molar-refractivity contribution in [3.05, 3.63) is 35.2 Å². The Bertz CT molecular complexity index is 1240. The van der Waals surface area contributed by atoms with Crippen molar-refractivity contribution in [2.45, 2.75) is 33.3 Å². The second kappa shape index (κ2) is 9.01. The van der Waals surface area contributed by atoms with E-state index in [1.165, 1.54) is 18.2 Å². The Morgan fingerprint density at radius 2 is 1.88 bits per heavy atom. The molecule has 3 rings (SSSR count). The van der Waals surface area contributed by atoms with E-state index < -0.39 is 16.0 Å². The minimum absolute atomic E-state index is 0.0115. The van der Waals surface area contributed by atoms with E-state index in [0.29, 0.717) is 12.1 Å². The van der Waals surface area contributed by atoms with Gasteiger partial charge in [0, 0.05) is 18.7 Å². The zero-order valence-corrected chi connectivity index (χ0v) is 18.7. The van der Waals surface area contributed by atoms with E-state index in [-0.39, 0.29) is 58.1 Å². The van der Waals surface area contributed by atoms with Gasteiger partial charge in [-0.1, -0.05) is 24.2 Å². The van der Waals surface area contributed by atoms with Crippen molar-refractivity contribution in [3.8, 4) is 34.1 Å². The van der Waals surface area contributed by atoms with Gasteiger partial charge in [0.05, 0.1) is 11.8 Å². The lowest BCUT2D eigenvalue weighted by molar-refractivity contribution is 0.0947. The van der Waals surface area contributed by atoms with Crippen LogP contribution in [0.2, 0.25) is 0 Å². The number of benzene rings is 1. The van der Waals surface area contributed by atoms with Crippen LogP contribution in [0.1, 0.15) is 48.4 Å². The highest BCUT2D eigenvalue weighted by molar-refractivity contribution is 7.85. The molecular weight excluding hydrogens is 442 g/mol. The number of carbonyl (C=O) groups is 1. The van der Waals surface area contributed by atoms with Crippen molar-refractivity contribution in [1.29, 1.82) is 0 Å². The third-order valence-electron chi connectivity index (χ3n) is 4.48. The molecule has 0 saturated carbocycles. The number of aromatic nitrogens is 2. The van der Waals surface area contributed by atoms with Gasteiger partial charge in [-0.05, 0) is 24.5 Å². The molecule has 32 heavy (non-hydrogen) atoms. The topological polar surface area (TPSA) is 165 Å². The first-order chi connectivity index (χ1) is 15.0. The summed E-state index contributed by atoms with van der Waals surface area (Å²) in [6, 6.07) is 4.09. The van der Waals surface area contributed by atoms with Crippen LogP contribution >= 0.6 is 0 Å². The summed E-state index contributed by atoms with van der Waals surface area (Å²) in [6.45, 7) is 5.41. The van der Waals surface area contributed by atoms with Crippen LogP contribution in [-0.4, -0.2) is 47.7 Å². The molecule has 0 radical (unpaired) electrons. The third kappa shape index (κ3) is 4.92. The predicted octanol–water partition coefficient (Wildman–Crippen LogP) is 2.76. The van der Waals surface area contributed by atoms with Crippen molar-refractivity contribution in [1.82, 2.24) is 15.6 Å². The second-order valence-electron chi connectivity index (χ2n) is 7.33. The highest BCUT2D eigenvalue weighted by Gasteiger charge is 2.29. The standard InChI is InChI=1S/C20H23N3O8S/c1-5-21-20(26)18-17(16-6-11(22-30-16)9-29-32(4,27)28)19(31-23-18)13-7-12(10(2)3)14(24)8-15(13)25/h6-8,10,24-25H,5,9H2,1-4H3,(H,21,26). The molecule has 1 amide bonds. The van der Waals surface area contributed by atoms with Gasteiger partial charge < -0.3 is 24.6 Å². The Kier molecular flexibility index (Phi) is 6.55. The molecule has 0 saturated heterocycles. The molecule has 3 aromatic rings. The fourth-order valence-corrected chi connectivity index (χ4v) is 3.34. The van der Waals surface area contributed by atoms with Crippen molar-refractivity contribution >= 4 is 16.0 Å². The molecule has 0 spiro atoms. The zero-order valence-electron chi connectivity index (χ0n) is 17.9. The zero-order chi connectivity index (χ0) is 23.6. The summed E-state index contributed by atoms with van der Waals surface area (Å²) < 4.78 is 37.9. The summed E-state index contributed by atoms with van der Waals surface area (Å²) in [4.78, 5) is 12.6. The predicted molar refractivity (Wildman–Crippen MR) is 112 cm³/mol. The lowest BCUT2D eigenvalue weighted by Crippen LogP contribution is -2.23. The van der Waals surface area contributed by atoms with Crippen molar-refractivity contribution in [3.63, 3.8) is 0 Å². The van der Waals surface area contributed by atoms with Crippen LogP contribution in [0.15, 0.2) is 27.2 Å². The molecule has 172 valence electrons. The Labute approximate surface area is 184 Å². The second-order valence-corrected chi connectivity index (χ2v) is 8.97. The quantitative estimate of drug-likeness (QED) is 0.421. The smallest absolute Gasteiger partial charge is 0.274 e. The Morgan fingerprint density at radius 1 is 1.16 bits per heavy atom. The minimum Gasteiger partial charge on any atom is -0.508 e. The summed E-state index contributed by atoms with van der Waals surface area (Å²) in [7, 11) is -3.70. The maximum atomic E-state index is 12.6. The molecule has 2 heterocycles. The number of phenolic OH excluding ortho intramolecular Hbond substituents is 2. The van der Waals surface area contributed by atoms with Gasteiger partial charge in [0.25, 0.3) is 16.0 Å². The van der Waals surface area contributed by atoms with E-state index in [0.717, 1.165) is 6.26 Å². The Balaban J connectivity index is 2.16. The normalized spacial score (nSPS) is 11.8. The van der Waals surface area contributed by atoms with Crippen LogP contribution in [0.3, 0.4) is 0 Å². The fraction of sp³-hybridized carbons (Fsp3) is 0.350. The third-order valence-corrected chi connectivity index (χ3v) is 5.03. The van der Waals surface area contributed by atoms with Gasteiger partial charge in [-0.3, -0.25) is 8.98 Å². The minimum atomic E-state index is -3.70. The van der Waals surface area contributed by atoms with Crippen molar-refractivity contribution < 1.29 is 36.7 Å². The van der Waals surface area contributed by atoms with Crippen LogP contribution in [-0.2, 0) is 20.9 Å². The maximum absolute atomic E-state index is 12.6. The van der Waals surface area contributed by atoms with Gasteiger partial charge in [-0.25, -0.2) is 0 Å². The van der Waals surface area contributed by atoms with Gasteiger partial charge in [-0.15, -0.1) is 0 Å². The van der Waals surface area contributed by atoms with Crippen LogP contribution < -0.4 is 5.32 Å². The number of nitrogens with zero attached hydrogens (tertiary/aromatic N) is 2. The number of carbonyl (C=O) groups excluding carboxylic acids is 1. The molecule has 0 bridgehead atoms. The highest BCUT2D eigenvalue weighted by Crippen LogP contribution is 2.43. The lowest BCUT2D eigenvalue weighted by atomic mass is 9.95. The van der Waals surface area contributed by atoms with Crippen molar-refractivity contribution in [2.24, 2.45) is 0 Å². The highest BCUT2D eigenvalue weighted by atomic mass is 32.2. The molecular formula is C20H23N3O8S. The molecule has 12 heteroatoms. The molecule has 0 fully saturated rings. The first kappa shape index (κ1) is 23.3. The summed E-state index contributed by atoms with van der Waals surface area (Å²) in [5, 5.41) is 30.8. The molecule has 1 aromatic carbocycles. The Hall–Kier alpha value is -3.38. The number of hydrogen-bond acceptors (Lipinski definition) is 10. The SMILES string of the molecule is CCNC(=O)c1noc(-c2cc(C(C)C)c(O)cc2O)c1-c1cc(COS(C)(=O)=O)no1. The number of hydrogen-bond donors (Lipinski definition) is 3. The van der Waals surface area contributed by atoms with E-state index in [2.05, 4.69) is 15.6 Å². The number of aromatic hydroxyl groups is 2. The molecule has 0 atom stereocenters. The number of nitrogens with one attached hydrogen (secondary N) is 1. The molecule has 0 unspecified atom stereocenters. The van der Waals surface area contributed by atoms with Gasteiger partial charge in [-0.2, -0.15) is 8.42 Å². The van der Waals surface area contributed by atoms with E-state index in [4.69, 9.17) is 13.2 Å².